The number of phenolic OH excluding ortho intramolecular Hbond substituents is 1. The Balaban J connectivity index is 2.47. The van der Waals surface area contributed by atoms with Gasteiger partial charge in [-0.15, -0.1) is 11.8 Å². The summed E-state index contributed by atoms with van der Waals surface area (Å²) in [6, 6.07) is 13.4. The molecule has 2 nitrogen and oxygen atoms in total. The van der Waals surface area contributed by atoms with Gasteiger partial charge in [0.1, 0.15) is 11.5 Å². The number of thioether (sulfide) groups is 1. The number of aromatic hydroxyl groups is 1. The number of rotatable bonds is 3. The van der Waals surface area contributed by atoms with Crippen molar-refractivity contribution in [3.05, 3.63) is 42.5 Å². The zero-order valence-electron chi connectivity index (χ0n) is 9.81. The van der Waals surface area contributed by atoms with Crippen molar-refractivity contribution < 1.29 is 9.84 Å². The average Bonchev–Trinajstić information content (AvgIpc) is 2.38. The molecule has 0 aliphatic rings. The largest absolute Gasteiger partial charge is 0.508 e. The summed E-state index contributed by atoms with van der Waals surface area (Å²) in [5.74, 6) is 0.878. The van der Waals surface area contributed by atoms with Crippen LogP contribution in [0.5, 0.6) is 11.5 Å². The van der Waals surface area contributed by atoms with Crippen molar-refractivity contribution in [2.24, 2.45) is 0 Å². The number of hydrogen-bond acceptors (Lipinski definition) is 3. The summed E-state index contributed by atoms with van der Waals surface area (Å²) in [6.45, 7) is 0. The highest BCUT2D eigenvalue weighted by molar-refractivity contribution is 7.98. The van der Waals surface area contributed by atoms with Gasteiger partial charge >= 0.3 is 0 Å². The molecule has 0 saturated heterocycles. The summed E-state index contributed by atoms with van der Waals surface area (Å²) >= 11 is 1.70. The van der Waals surface area contributed by atoms with Crippen LogP contribution in [0.3, 0.4) is 0 Å². The summed E-state index contributed by atoms with van der Waals surface area (Å²) in [7, 11) is 1.59. The second-order valence-corrected chi connectivity index (χ2v) is 4.53. The van der Waals surface area contributed by atoms with Crippen molar-refractivity contribution in [3.8, 4) is 22.6 Å². The van der Waals surface area contributed by atoms with Crippen LogP contribution in [0.1, 0.15) is 0 Å². The average molecular weight is 246 g/mol. The minimum absolute atomic E-state index is 0.217. The normalized spacial score (nSPS) is 10.2. The maximum absolute atomic E-state index is 9.63. The molecular formula is C14H14O2S. The molecule has 2 rings (SSSR count). The second-order valence-electron chi connectivity index (χ2n) is 3.65. The molecule has 17 heavy (non-hydrogen) atoms. The van der Waals surface area contributed by atoms with E-state index in [0.717, 1.165) is 11.1 Å². The monoisotopic (exact) mass is 246 g/mol. The molecule has 0 aliphatic carbocycles. The summed E-state index contributed by atoms with van der Waals surface area (Å²) in [5.41, 5.74) is 2.03. The van der Waals surface area contributed by atoms with E-state index in [1.54, 1.807) is 31.0 Å². The van der Waals surface area contributed by atoms with Gasteiger partial charge in [-0.3, -0.25) is 0 Å². The summed E-state index contributed by atoms with van der Waals surface area (Å²) in [5, 5.41) is 9.63. The minimum Gasteiger partial charge on any atom is -0.508 e. The van der Waals surface area contributed by atoms with Gasteiger partial charge in [-0.2, -0.15) is 0 Å². The van der Waals surface area contributed by atoms with E-state index in [0.29, 0.717) is 5.75 Å². The van der Waals surface area contributed by atoms with Gasteiger partial charge in [0, 0.05) is 11.0 Å². The van der Waals surface area contributed by atoms with Crippen molar-refractivity contribution in [3.63, 3.8) is 0 Å². The molecule has 3 heteroatoms. The second kappa shape index (κ2) is 5.15. The third-order valence-electron chi connectivity index (χ3n) is 2.53. The predicted octanol–water partition coefficient (Wildman–Crippen LogP) is 3.79. The van der Waals surface area contributed by atoms with Crippen LogP contribution in [-0.4, -0.2) is 18.5 Å². The number of ether oxygens (including phenoxy) is 1. The molecule has 2 aromatic carbocycles. The zero-order valence-corrected chi connectivity index (χ0v) is 10.6. The Kier molecular flexibility index (Phi) is 3.59. The Morgan fingerprint density at radius 2 is 1.88 bits per heavy atom. The van der Waals surface area contributed by atoms with Crippen LogP contribution in [0.4, 0.5) is 0 Å². The van der Waals surface area contributed by atoms with E-state index < -0.39 is 0 Å². The summed E-state index contributed by atoms with van der Waals surface area (Å²) in [4.78, 5) is 1.20. The quantitative estimate of drug-likeness (QED) is 0.835. The molecular weight excluding hydrogens is 232 g/mol. The Bertz CT molecular complexity index is 523. The molecule has 0 radical (unpaired) electrons. The van der Waals surface area contributed by atoms with Crippen molar-refractivity contribution in [2.75, 3.05) is 13.4 Å². The minimum atomic E-state index is 0.217. The lowest BCUT2D eigenvalue weighted by atomic mass is 10.1. The molecule has 0 amide bonds. The van der Waals surface area contributed by atoms with Gasteiger partial charge in [0.05, 0.1) is 7.11 Å². The molecule has 0 spiro atoms. The van der Waals surface area contributed by atoms with Crippen LogP contribution >= 0.6 is 11.8 Å². The highest BCUT2D eigenvalue weighted by atomic mass is 32.2. The van der Waals surface area contributed by atoms with Crippen LogP contribution in [0, 0.1) is 0 Å². The zero-order chi connectivity index (χ0) is 12.3. The first-order chi connectivity index (χ1) is 8.22. The predicted molar refractivity (Wildman–Crippen MR) is 71.9 cm³/mol. The molecule has 0 aromatic heterocycles. The van der Waals surface area contributed by atoms with Gasteiger partial charge in [-0.25, -0.2) is 0 Å². The maximum atomic E-state index is 9.63. The van der Waals surface area contributed by atoms with E-state index in [2.05, 4.69) is 12.1 Å². The summed E-state index contributed by atoms with van der Waals surface area (Å²) in [6.07, 6.45) is 2.04. The number of benzene rings is 2. The highest BCUT2D eigenvalue weighted by Gasteiger charge is 2.03. The van der Waals surface area contributed by atoms with Crippen molar-refractivity contribution in [1.29, 1.82) is 0 Å². The first-order valence-corrected chi connectivity index (χ1v) is 6.48. The van der Waals surface area contributed by atoms with Crippen LogP contribution in [0.25, 0.3) is 11.1 Å². The molecule has 1 N–H and O–H groups in total. The van der Waals surface area contributed by atoms with Gasteiger partial charge in [0.15, 0.2) is 0 Å². The smallest absolute Gasteiger partial charge is 0.123 e. The van der Waals surface area contributed by atoms with Crippen molar-refractivity contribution in [1.82, 2.24) is 0 Å². The topological polar surface area (TPSA) is 29.5 Å². The van der Waals surface area contributed by atoms with Crippen LogP contribution < -0.4 is 4.74 Å². The van der Waals surface area contributed by atoms with E-state index in [1.807, 2.05) is 24.5 Å². The first kappa shape index (κ1) is 11.9. The lowest BCUT2D eigenvalue weighted by Crippen LogP contribution is -1.84. The number of hydrogen-bond donors (Lipinski definition) is 1. The molecule has 0 fully saturated rings. The van der Waals surface area contributed by atoms with E-state index in [-0.39, 0.29) is 5.75 Å². The first-order valence-electron chi connectivity index (χ1n) is 5.25. The molecule has 88 valence electrons. The molecule has 0 atom stereocenters. The van der Waals surface area contributed by atoms with Crippen molar-refractivity contribution in [2.45, 2.75) is 4.90 Å². The third kappa shape index (κ3) is 2.74. The molecule has 0 saturated carbocycles. The van der Waals surface area contributed by atoms with Gasteiger partial charge in [-0.05, 0) is 41.6 Å². The molecule has 0 bridgehead atoms. The molecule has 0 heterocycles. The van der Waals surface area contributed by atoms with E-state index in [1.165, 1.54) is 4.90 Å². The van der Waals surface area contributed by atoms with Crippen LogP contribution in [0.2, 0.25) is 0 Å². The molecule has 0 aliphatic heterocycles. The van der Waals surface area contributed by atoms with E-state index in [4.69, 9.17) is 4.74 Å². The van der Waals surface area contributed by atoms with E-state index in [9.17, 15) is 5.11 Å². The Morgan fingerprint density at radius 1 is 1.06 bits per heavy atom. The lowest BCUT2D eigenvalue weighted by molar-refractivity contribution is 0.408. The fourth-order valence-electron chi connectivity index (χ4n) is 1.67. The van der Waals surface area contributed by atoms with Crippen LogP contribution in [-0.2, 0) is 0 Å². The Hall–Kier alpha value is -1.61. The van der Waals surface area contributed by atoms with E-state index >= 15 is 0 Å². The fraction of sp³-hybridized carbons (Fsp3) is 0.143. The fourth-order valence-corrected chi connectivity index (χ4v) is 2.13. The van der Waals surface area contributed by atoms with Gasteiger partial charge < -0.3 is 9.84 Å². The van der Waals surface area contributed by atoms with Crippen molar-refractivity contribution >= 4 is 11.8 Å². The summed E-state index contributed by atoms with van der Waals surface area (Å²) < 4.78 is 5.15. The SMILES string of the molecule is COc1cc(O)cc(-c2cccc(SC)c2)c1. The lowest BCUT2D eigenvalue weighted by Gasteiger charge is -2.07. The highest BCUT2D eigenvalue weighted by Crippen LogP contribution is 2.30. The molecule has 0 unspecified atom stereocenters. The maximum Gasteiger partial charge on any atom is 0.123 e. The number of methoxy groups -OCH3 is 1. The van der Waals surface area contributed by atoms with Gasteiger partial charge in [0.25, 0.3) is 0 Å². The van der Waals surface area contributed by atoms with Crippen LogP contribution in [0.15, 0.2) is 47.4 Å². The Labute approximate surface area is 105 Å². The van der Waals surface area contributed by atoms with Gasteiger partial charge in [-0.1, -0.05) is 12.1 Å². The third-order valence-corrected chi connectivity index (χ3v) is 3.26. The molecule has 2 aromatic rings. The van der Waals surface area contributed by atoms with Gasteiger partial charge in [0.2, 0.25) is 0 Å². The Morgan fingerprint density at radius 3 is 2.59 bits per heavy atom. The standard InChI is InChI=1S/C14H14O2S/c1-16-13-7-11(6-12(15)9-13)10-4-3-5-14(8-10)17-2/h3-9,15H,1-2H3. The number of phenols is 1.